The molecule has 9 N–H and O–H groups in total. The fraction of sp³-hybridized carbons (Fsp3) is 0.421. The first-order chi connectivity index (χ1) is 14.9. The molecule has 0 bridgehead atoms. The Bertz CT molecular complexity index is 849. The van der Waals surface area contributed by atoms with Crippen LogP contribution in [-0.2, 0) is 30.4 Å². The number of carboxylic acid groups (broad SMARTS) is 1. The van der Waals surface area contributed by atoms with Gasteiger partial charge in [-0.25, -0.2) is 0 Å². The minimum Gasteiger partial charge on any atom is -0.508 e. The van der Waals surface area contributed by atoms with E-state index in [2.05, 4.69) is 28.6 Å². The van der Waals surface area contributed by atoms with E-state index >= 15 is 0 Å². The lowest BCUT2D eigenvalue weighted by Crippen LogP contribution is -2.58. The number of carboxylic acids is 1. The first-order valence-corrected chi connectivity index (χ1v) is 10.1. The Morgan fingerprint density at radius 2 is 1.50 bits per heavy atom. The monoisotopic (exact) mass is 469 g/mol. The van der Waals surface area contributed by atoms with Crippen molar-refractivity contribution in [3.8, 4) is 5.75 Å². The molecule has 0 aromatic heterocycles. The Labute approximate surface area is 189 Å². The van der Waals surface area contributed by atoms with Gasteiger partial charge in [0.1, 0.15) is 23.9 Å². The number of carbonyl (C=O) groups excluding carboxylic acids is 4. The number of primary amides is 1. The molecule has 32 heavy (non-hydrogen) atoms. The fourth-order valence-electron chi connectivity index (χ4n) is 2.51. The summed E-state index contributed by atoms with van der Waals surface area (Å²) in [5, 5.41) is 25.4. The molecule has 0 aliphatic rings. The van der Waals surface area contributed by atoms with Gasteiger partial charge in [-0.05, 0) is 24.6 Å². The average Bonchev–Trinajstić information content (AvgIpc) is 2.71. The van der Waals surface area contributed by atoms with Crippen molar-refractivity contribution in [2.75, 3.05) is 5.75 Å². The third-order valence-corrected chi connectivity index (χ3v) is 4.68. The number of nitrogens with two attached hydrogens (primary N) is 2. The molecule has 0 heterocycles. The van der Waals surface area contributed by atoms with Crippen LogP contribution in [0.4, 0.5) is 0 Å². The number of phenols is 1. The van der Waals surface area contributed by atoms with Crippen LogP contribution >= 0.6 is 12.6 Å². The normalized spacial score (nSPS) is 14.3. The zero-order chi connectivity index (χ0) is 24.4. The highest BCUT2D eigenvalue weighted by atomic mass is 32.1. The van der Waals surface area contributed by atoms with Crippen LogP contribution in [-0.4, -0.2) is 69.7 Å². The molecule has 0 fully saturated rings. The van der Waals surface area contributed by atoms with Crippen molar-refractivity contribution < 1.29 is 34.2 Å². The zero-order valence-corrected chi connectivity index (χ0v) is 18.2. The van der Waals surface area contributed by atoms with Gasteiger partial charge in [-0.1, -0.05) is 12.1 Å². The summed E-state index contributed by atoms with van der Waals surface area (Å²) in [6.45, 7) is 1.26. The van der Waals surface area contributed by atoms with E-state index in [-0.39, 0.29) is 17.9 Å². The Morgan fingerprint density at radius 1 is 0.969 bits per heavy atom. The van der Waals surface area contributed by atoms with E-state index in [1.165, 1.54) is 31.2 Å². The molecule has 0 saturated carbocycles. The topological polar surface area (TPSA) is 214 Å². The maximum absolute atomic E-state index is 12.9. The van der Waals surface area contributed by atoms with Crippen molar-refractivity contribution >= 4 is 42.2 Å². The third kappa shape index (κ3) is 8.81. The number of aromatic hydroxyl groups is 1. The number of benzene rings is 1. The number of hydrogen-bond acceptors (Lipinski definition) is 8. The minimum absolute atomic E-state index is 0.00151. The molecule has 1 aromatic rings. The zero-order valence-electron chi connectivity index (χ0n) is 17.3. The largest absolute Gasteiger partial charge is 0.508 e. The van der Waals surface area contributed by atoms with E-state index in [4.69, 9.17) is 16.6 Å². The molecule has 0 radical (unpaired) electrons. The second kappa shape index (κ2) is 12.5. The van der Waals surface area contributed by atoms with Crippen LogP contribution in [0.5, 0.6) is 5.75 Å². The molecule has 4 amide bonds. The van der Waals surface area contributed by atoms with Crippen LogP contribution in [0.25, 0.3) is 0 Å². The summed E-state index contributed by atoms with van der Waals surface area (Å²) in [4.78, 5) is 59.4. The van der Waals surface area contributed by atoms with E-state index < -0.39 is 60.2 Å². The first kappa shape index (κ1) is 26.7. The van der Waals surface area contributed by atoms with Gasteiger partial charge in [0, 0.05) is 12.2 Å². The molecule has 0 spiro atoms. The van der Waals surface area contributed by atoms with Gasteiger partial charge in [-0.2, -0.15) is 12.6 Å². The lowest BCUT2D eigenvalue weighted by Gasteiger charge is -2.24. The fourth-order valence-corrected chi connectivity index (χ4v) is 2.76. The molecule has 0 saturated heterocycles. The van der Waals surface area contributed by atoms with E-state index in [0.29, 0.717) is 5.56 Å². The van der Waals surface area contributed by atoms with Crippen molar-refractivity contribution in [3.05, 3.63) is 29.8 Å². The predicted octanol–water partition coefficient (Wildman–Crippen LogP) is -2.37. The number of rotatable bonds is 12. The molecule has 0 aliphatic carbocycles. The van der Waals surface area contributed by atoms with E-state index in [1.807, 2.05) is 0 Å². The third-order valence-electron chi connectivity index (χ3n) is 4.31. The van der Waals surface area contributed by atoms with Crippen LogP contribution in [0.1, 0.15) is 18.9 Å². The Balaban J connectivity index is 2.99. The van der Waals surface area contributed by atoms with Crippen LogP contribution in [0, 0.1) is 0 Å². The number of aliphatic carboxylic acids is 1. The molecular weight excluding hydrogens is 442 g/mol. The summed E-state index contributed by atoms with van der Waals surface area (Å²) in [6, 6.07) is 0.961. The van der Waals surface area contributed by atoms with E-state index in [9.17, 15) is 29.1 Å². The van der Waals surface area contributed by atoms with Crippen molar-refractivity contribution in [3.63, 3.8) is 0 Å². The summed E-state index contributed by atoms with van der Waals surface area (Å²) < 4.78 is 0. The predicted molar refractivity (Wildman–Crippen MR) is 117 cm³/mol. The van der Waals surface area contributed by atoms with Gasteiger partial charge in [-0.3, -0.25) is 24.0 Å². The highest BCUT2D eigenvalue weighted by molar-refractivity contribution is 7.80. The summed E-state index contributed by atoms with van der Waals surface area (Å²) in [6.07, 6.45) is -0.471. The SMILES string of the molecule is CC(NC(=O)C(CS)NC(=O)C(Cc1ccc(O)cc1)NC(=O)C(N)CC(N)=O)C(=O)O. The number of hydrogen-bond donors (Lipinski definition) is 8. The summed E-state index contributed by atoms with van der Waals surface area (Å²) in [5.74, 6) is -4.56. The van der Waals surface area contributed by atoms with Gasteiger partial charge in [0.05, 0.1) is 12.5 Å². The molecule has 4 unspecified atom stereocenters. The average molecular weight is 470 g/mol. The molecule has 1 rings (SSSR count). The lowest BCUT2D eigenvalue weighted by molar-refractivity contribution is -0.141. The first-order valence-electron chi connectivity index (χ1n) is 9.51. The lowest BCUT2D eigenvalue weighted by atomic mass is 10.0. The molecule has 0 aliphatic heterocycles. The van der Waals surface area contributed by atoms with Gasteiger partial charge in [0.2, 0.25) is 23.6 Å². The van der Waals surface area contributed by atoms with Crippen LogP contribution in [0.15, 0.2) is 24.3 Å². The van der Waals surface area contributed by atoms with Crippen molar-refractivity contribution in [1.82, 2.24) is 16.0 Å². The van der Waals surface area contributed by atoms with Gasteiger partial charge in [-0.15, -0.1) is 0 Å². The Morgan fingerprint density at radius 3 is 2.00 bits per heavy atom. The Kier molecular flexibility index (Phi) is 10.4. The van der Waals surface area contributed by atoms with Crippen LogP contribution < -0.4 is 27.4 Å². The summed E-state index contributed by atoms with van der Waals surface area (Å²) >= 11 is 4.01. The number of carbonyl (C=O) groups is 5. The van der Waals surface area contributed by atoms with Crippen molar-refractivity contribution in [1.29, 1.82) is 0 Å². The van der Waals surface area contributed by atoms with Crippen LogP contribution in [0.3, 0.4) is 0 Å². The second-order valence-electron chi connectivity index (χ2n) is 7.02. The number of nitrogens with one attached hydrogen (secondary N) is 3. The van der Waals surface area contributed by atoms with Gasteiger partial charge < -0.3 is 37.6 Å². The molecule has 13 heteroatoms. The molecule has 1 aromatic carbocycles. The molecule has 4 atom stereocenters. The second-order valence-corrected chi connectivity index (χ2v) is 7.39. The van der Waals surface area contributed by atoms with E-state index in [0.717, 1.165) is 0 Å². The quantitative estimate of drug-likeness (QED) is 0.154. The standard InChI is InChI=1S/C19H27N5O7S/c1-9(19(30)31)22-18(29)14(8-32)24-17(28)13(6-10-2-4-11(25)5-3-10)23-16(27)12(20)7-15(21)26/h2-5,9,12-14,25,32H,6-8,20H2,1H3,(H2,21,26)(H,22,29)(H,23,27)(H,24,28)(H,30,31). The highest BCUT2D eigenvalue weighted by Crippen LogP contribution is 2.12. The number of phenolic OH excluding ortho intramolecular Hbond substituents is 1. The molecule has 12 nitrogen and oxygen atoms in total. The molecule has 176 valence electrons. The van der Waals surface area contributed by atoms with Crippen molar-refractivity contribution in [2.45, 2.75) is 43.9 Å². The summed E-state index contributed by atoms with van der Waals surface area (Å²) in [5.41, 5.74) is 11.2. The summed E-state index contributed by atoms with van der Waals surface area (Å²) in [7, 11) is 0. The number of thiol groups is 1. The Hall–Kier alpha value is -3.32. The minimum atomic E-state index is -1.29. The van der Waals surface area contributed by atoms with Crippen molar-refractivity contribution in [2.24, 2.45) is 11.5 Å². The van der Waals surface area contributed by atoms with Gasteiger partial charge >= 0.3 is 5.97 Å². The van der Waals surface area contributed by atoms with Gasteiger partial charge in [0.25, 0.3) is 0 Å². The highest BCUT2D eigenvalue weighted by Gasteiger charge is 2.29. The smallest absolute Gasteiger partial charge is 0.325 e. The van der Waals surface area contributed by atoms with Gasteiger partial charge in [0.15, 0.2) is 0 Å². The maximum Gasteiger partial charge on any atom is 0.325 e. The molecular formula is C19H27N5O7S. The van der Waals surface area contributed by atoms with E-state index in [1.54, 1.807) is 0 Å². The maximum atomic E-state index is 12.9. The van der Waals surface area contributed by atoms with Crippen LogP contribution in [0.2, 0.25) is 0 Å². The number of amides is 4.